The zero-order valence-electron chi connectivity index (χ0n) is 7.69. The van der Waals surface area contributed by atoms with Crippen molar-refractivity contribution >= 4 is 11.8 Å². The Bertz CT molecular complexity index is 319. The molecule has 1 unspecified atom stereocenters. The summed E-state index contributed by atoms with van der Waals surface area (Å²) < 4.78 is 1.61. The number of carboxylic acids is 1. The van der Waals surface area contributed by atoms with E-state index in [0.29, 0.717) is 12.4 Å². The van der Waals surface area contributed by atoms with E-state index in [2.05, 4.69) is 5.10 Å². The van der Waals surface area contributed by atoms with Crippen LogP contribution in [0, 0.1) is 12.8 Å². The van der Waals surface area contributed by atoms with Gasteiger partial charge in [-0.2, -0.15) is 5.10 Å². The lowest BCUT2D eigenvalue weighted by atomic mass is 10.2. The van der Waals surface area contributed by atoms with Gasteiger partial charge in [-0.25, -0.2) is 0 Å². The normalized spacial score (nSPS) is 12.8. The molecule has 0 spiro atoms. The first-order chi connectivity index (χ1) is 6.00. The maximum Gasteiger partial charge on any atom is 0.308 e. The van der Waals surface area contributed by atoms with Crippen molar-refractivity contribution < 1.29 is 9.90 Å². The monoisotopic (exact) mass is 183 g/mol. The molecule has 0 aliphatic heterocycles. The SMILES string of the molecule is Cc1cc(N)nn1CC(C)C(=O)O. The number of nitrogens with two attached hydrogens (primary N) is 1. The third kappa shape index (κ3) is 2.21. The second-order valence-corrected chi connectivity index (χ2v) is 3.13. The minimum Gasteiger partial charge on any atom is -0.481 e. The summed E-state index contributed by atoms with van der Waals surface area (Å²) in [6.07, 6.45) is 0. The quantitative estimate of drug-likeness (QED) is 0.714. The number of hydrogen-bond donors (Lipinski definition) is 2. The fourth-order valence-corrected chi connectivity index (χ4v) is 1.06. The van der Waals surface area contributed by atoms with Gasteiger partial charge in [0.25, 0.3) is 0 Å². The molecule has 1 heterocycles. The third-order valence-electron chi connectivity index (χ3n) is 1.87. The third-order valence-corrected chi connectivity index (χ3v) is 1.87. The number of rotatable bonds is 3. The number of anilines is 1. The lowest BCUT2D eigenvalue weighted by Crippen LogP contribution is -2.18. The van der Waals surface area contributed by atoms with E-state index >= 15 is 0 Å². The predicted molar refractivity (Wildman–Crippen MR) is 48.2 cm³/mol. The number of aryl methyl sites for hydroxylation is 1. The highest BCUT2D eigenvalue weighted by molar-refractivity contribution is 5.69. The van der Waals surface area contributed by atoms with Gasteiger partial charge in [0.2, 0.25) is 0 Å². The van der Waals surface area contributed by atoms with Crippen LogP contribution in [0.3, 0.4) is 0 Å². The van der Waals surface area contributed by atoms with Crippen LogP contribution in [0.4, 0.5) is 5.82 Å². The van der Waals surface area contributed by atoms with E-state index < -0.39 is 11.9 Å². The molecule has 0 radical (unpaired) electrons. The number of carbonyl (C=O) groups is 1. The van der Waals surface area contributed by atoms with Crippen molar-refractivity contribution in [1.82, 2.24) is 9.78 Å². The average Bonchev–Trinajstić information content (AvgIpc) is 2.30. The van der Waals surface area contributed by atoms with Gasteiger partial charge in [-0.1, -0.05) is 6.92 Å². The van der Waals surface area contributed by atoms with Crippen molar-refractivity contribution in [2.75, 3.05) is 5.73 Å². The van der Waals surface area contributed by atoms with Gasteiger partial charge in [-0.15, -0.1) is 0 Å². The Balaban J connectivity index is 2.74. The summed E-state index contributed by atoms with van der Waals surface area (Å²) in [6.45, 7) is 3.84. The van der Waals surface area contributed by atoms with Crippen molar-refractivity contribution in [3.05, 3.63) is 11.8 Å². The Morgan fingerprint density at radius 2 is 2.46 bits per heavy atom. The molecule has 0 saturated carbocycles. The molecule has 0 bridgehead atoms. The minimum absolute atomic E-state index is 0.359. The number of hydrogen-bond acceptors (Lipinski definition) is 3. The van der Waals surface area contributed by atoms with Crippen LogP contribution in [-0.2, 0) is 11.3 Å². The Hall–Kier alpha value is -1.52. The summed E-state index contributed by atoms with van der Waals surface area (Å²) in [5, 5.41) is 12.6. The van der Waals surface area contributed by atoms with Crippen LogP contribution in [-0.4, -0.2) is 20.9 Å². The van der Waals surface area contributed by atoms with E-state index in [4.69, 9.17) is 10.8 Å². The lowest BCUT2D eigenvalue weighted by molar-refractivity contribution is -0.141. The van der Waals surface area contributed by atoms with Crippen LogP contribution in [0.25, 0.3) is 0 Å². The number of carboxylic acid groups (broad SMARTS) is 1. The van der Waals surface area contributed by atoms with Crippen molar-refractivity contribution in [3.8, 4) is 0 Å². The van der Waals surface area contributed by atoms with Gasteiger partial charge < -0.3 is 10.8 Å². The maximum absolute atomic E-state index is 10.5. The molecule has 0 aromatic carbocycles. The Kier molecular flexibility index (Phi) is 2.55. The van der Waals surface area contributed by atoms with Crippen molar-refractivity contribution in [2.45, 2.75) is 20.4 Å². The van der Waals surface area contributed by atoms with Crippen molar-refractivity contribution in [3.63, 3.8) is 0 Å². The van der Waals surface area contributed by atoms with E-state index in [1.54, 1.807) is 17.7 Å². The van der Waals surface area contributed by atoms with Crippen molar-refractivity contribution in [1.29, 1.82) is 0 Å². The molecular formula is C8H13N3O2. The molecule has 1 aromatic heterocycles. The van der Waals surface area contributed by atoms with E-state index in [9.17, 15) is 4.79 Å². The number of aliphatic carboxylic acids is 1. The summed E-state index contributed by atoms with van der Waals surface area (Å²) in [5.74, 6) is -0.846. The summed E-state index contributed by atoms with van der Waals surface area (Å²) in [6, 6.07) is 1.72. The first kappa shape index (κ1) is 9.57. The topological polar surface area (TPSA) is 81.1 Å². The maximum atomic E-state index is 10.5. The van der Waals surface area contributed by atoms with E-state index in [-0.39, 0.29) is 0 Å². The van der Waals surface area contributed by atoms with Crippen LogP contribution < -0.4 is 5.73 Å². The summed E-state index contributed by atoms with van der Waals surface area (Å²) in [7, 11) is 0. The van der Waals surface area contributed by atoms with Gasteiger partial charge in [0, 0.05) is 11.8 Å². The molecule has 72 valence electrons. The zero-order valence-corrected chi connectivity index (χ0v) is 7.69. The summed E-state index contributed by atoms with van der Waals surface area (Å²) in [5.41, 5.74) is 6.33. The van der Waals surface area contributed by atoms with Gasteiger partial charge in [0.05, 0.1) is 12.5 Å². The largest absolute Gasteiger partial charge is 0.481 e. The fraction of sp³-hybridized carbons (Fsp3) is 0.500. The highest BCUT2D eigenvalue weighted by atomic mass is 16.4. The van der Waals surface area contributed by atoms with Gasteiger partial charge >= 0.3 is 5.97 Å². The molecule has 1 aromatic rings. The molecule has 0 aliphatic carbocycles. The molecule has 0 amide bonds. The second kappa shape index (κ2) is 3.47. The average molecular weight is 183 g/mol. The molecule has 1 rings (SSSR count). The Morgan fingerprint density at radius 3 is 2.85 bits per heavy atom. The molecular weight excluding hydrogens is 170 g/mol. The molecule has 0 saturated heterocycles. The van der Waals surface area contributed by atoms with E-state index in [1.165, 1.54) is 0 Å². The molecule has 0 fully saturated rings. The molecule has 13 heavy (non-hydrogen) atoms. The first-order valence-corrected chi connectivity index (χ1v) is 4.03. The van der Waals surface area contributed by atoms with Gasteiger partial charge in [-0.3, -0.25) is 9.48 Å². The van der Waals surface area contributed by atoms with E-state index in [1.807, 2.05) is 6.92 Å². The smallest absolute Gasteiger partial charge is 0.308 e. The molecule has 3 N–H and O–H groups in total. The van der Waals surface area contributed by atoms with Gasteiger partial charge in [0.1, 0.15) is 5.82 Å². The first-order valence-electron chi connectivity index (χ1n) is 4.03. The molecule has 1 atom stereocenters. The Labute approximate surface area is 76.2 Å². The molecule has 0 aliphatic rings. The van der Waals surface area contributed by atoms with E-state index in [0.717, 1.165) is 5.69 Å². The fourth-order valence-electron chi connectivity index (χ4n) is 1.06. The number of nitrogens with zero attached hydrogens (tertiary/aromatic N) is 2. The van der Waals surface area contributed by atoms with Crippen LogP contribution in [0.2, 0.25) is 0 Å². The highest BCUT2D eigenvalue weighted by Gasteiger charge is 2.13. The van der Waals surface area contributed by atoms with Gasteiger partial charge in [0.15, 0.2) is 0 Å². The second-order valence-electron chi connectivity index (χ2n) is 3.13. The Morgan fingerprint density at radius 1 is 1.85 bits per heavy atom. The van der Waals surface area contributed by atoms with Crippen molar-refractivity contribution in [2.24, 2.45) is 5.92 Å². The predicted octanol–water partition coefficient (Wildman–Crippen LogP) is 0.494. The van der Waals surface area contributed by atoms with Crippen LogP contribution in [0.15, 0.2) is 6.07 Å². The standard InChI is InChI=1S/C8H13N3O2/c1-5(8(12)13)4-11-6(2)3-7(9)10-11/h3,5H,4H2,1-2H3,(H2,9,10)(H,12,13). The summed E-state index contributed by atoms with van der Waals surface area (Å²) in [4.78, 5) is 10.5. The minimum atomic E-state index is -0.825. The van der Waals surface area contributed by atoms with Crippen LogP contribution in [0.1, 0.15) is 12.6 Å². The summed E-state index contributed by atoms with van der Waals surface area (Å²) >= 11 is 0. The molecule has 5 nitrogen and oxygen atoms in total. The zero-order chi connectivity index (χ0) is 10.0. The van der Waals surface area contributed by atoms with Crippen LogP contribution in [0.5, 0.6) is 0 Å². The number of aromatic nitrogens is 2. The van der Waals surface area contributed by atoms with Crippen LogP contribution >= 0.6 is 0 Å². The molecule has 5 heteroatoms. The number of nitrogen functional groups attached to an aromatic ring is 1. The lowest BCUT2D eigenvalue weighted by Gasteiger charge is -2.07. The van der Waals surface area contributed by atoms with Gasteiger partial charge in [-0.05, 0) is 6.92 Å². The highest BCUT2D eigenvalue weighted by Crippen LogP contribution is 2.07.